The number of hydrogen-bond acceptors (Lipinski definition) is 4. The molecule has 0 saturated carbocycles. The zero-order chi connectivity index (χ0) is 11.1. The molecule has 2 unspecified atom stereocenters. The first-order valence-electron chi connectivity index (χ1n) is 4.96. The van der Waals surface area contributed by atoms with Gasteiger partial charge in [-0.25, -0.2) is 0 Å². The Bertz CT molecular complexity index is 211. The number of hydrogen-bond donors (Lipinski definition) is 3. The average molecular weight is 203 g/mol. The number of aliphatic hydroxyl groups excluding tert-OH is 2. The molecule has 0 aliphatic carbocycles. The minimum Gasteiger partial charge on any atom is -0.394 e. The molecule has 0 spiro atoms. The van der Waals surface area contributed by atoms with Crippen molar-refractivity contribution in [1.82, 2.24) is 0 Å². The fourth-order valence-corrected chi connectivity index (χ4v) is 1.90. The van der Waals surface area contributed by atoms with E-state index in [1.165, 1.54) is 0 Å². The Hall–Kier alpha value is -0.160. The summed E-state index contributed by atoms with van der Waals surface area (Å²) in [5.41, 5.74) is 4.79. The van der Waals surface area contributed by atoms with Gasteiger partial charge in [0.15, 0.2) is 0 Å². The van der Waals surface area contributed by atoms with Gasteiger partial charge in [-0.05, 0) is 13.8 Å². The number of nitrogens with two attached hydrogens (primary N) is 1. The van der Waals surface area contributed by atoms with Crippen LogP contribution in [0.1, 0.15) is 27.7 Å². The summed E-state index contributed by atoms with van der Waals surface area (Å²) >= 11 is 0. The third-order valence-corrected chi connectivity index (χ3v) is 3.35. The van der Waals surface area contributed by atoms with Crippen LogP contribution in [0.5, 0.6) is 0 Å². The van der Waals surface area contributed by atoms with Gasteiger partial charge in [-0.2, -0.15) is 0 Å². The van der Waals surface area contributed by atoms with E-state index in [1.807, 2.05) is 27.7 Å². The highest BCUT2D eigenvalue weighted by atomic mass is 16.5. The van der Waals surface area contributed by atoms with Crippen LogP contribution >= 0.6 is 0 Å². The minimum absolute atomic E-state index is 0.0970. The van der Waals surface area contributed by atoms with Crippen LogP contribution in [0.2, 0.25) is 0 Å². The lowest BCUT2D eigenvalue weighted by atomic mass is 9.71. The molecule has 1 aliphatic heterocycles. The highest BCUT2D eigenvalue weighted by molar-refractivity contribution is 5.03. The molecule has 3 atom stereocenters. The Labute approximate surface area is 85.1 Å². The van der Waals surface area contributed by atoms with Gasteiger partial charge in [0, 0.05) is 5.41 Å². The molecule has 84 valence electrons. The van der Waals surface area contributed by atoms with Crippen LogP contribution in [0.15, 0.2) is 0 Å². The molecular formula is C10H21NO3. The van der Waals surface area contributed by atoms with Gasteiger partial charge in [0.1, 0.15) is 0 Å². The Balaban J connectivity index is 2.95. The molecule has 14 heavy (non-hydrogen) atoms. The summed E-state index contributed by atoms with van der Waals surface area (Å²) in [7, 11) is 0. The van der Waals surface area contributed by atoms with Gasteiger partial charge < -0.3 is 20.7 Å². The first kappa shape index (κ1) is 11.9. The predicted molar refractivity (Wildman–Crippen MR) is 53.8 cm³/mol. The van der Waals surface area contributed by atoms with Gasteiger partial charge in [0.2, 0.25) is 0 Å². The molecule has 0 aromatic rings. The van der Waals surface area contributed by atoms with Crippen molar-refractivity contribution >= 4 is 0 Å². The van der Waals surface area contributed by atoms with E-state index in [2.05, 4.69) is 0 Å². The van der Waals surface area contributed by atoms with Crippen LogP contribution in [0.25, 0.3) is 0 Å². The molecule has 1 aliphatic rings. The van der Waals surface area contributed by atoms with Crippen LogP contribution in [0.3, 0.4) is 0 Å². The van der Waals surface area contributed by atoms with Crippen molar-refractivity contribution in [2.45, 2.75) is 51.5 Å². The lowest BCUT2D eigenvalue weighted by Gasteiger charge is -2.52. The molecule has 0 radical (unpaired) electrons. The molecule has 4 N–H and O–H groups in total. The first-order chi connectivity index (χ1) is 6.23. The second-order valence-electron chi connectivity index (χ2n) is 5.18. The van der Waals surface area contributed by atoms with Crippen molar-refractivity contribution in [3.05, 3.63) is 0 Å². The highest BCUT2D eigenvalue weighted by Gasteiger charge is 2.51. The number of aliphatic hydroxyl groups is 2. The van der Waals surface area contributed by atoms with Crippen LogP contribution in [-0.4, -0.2) is 40.7 Å². The topological polar surface area (TPSA) is 75.7 Å². The summed E-state index contributed by atoms with van der Waals surface area (Å²) < 4.78 is 5.69. The molecule has 4 heteroatoms. The lowest BCUT2D eigenvalue weighted by molar-refractivity contribution is -0.229. The number of rotatable bonds is 1. The molecule has 1 rings (SSSR count). The van der Waals surface area contributed by atoms with Crippen LogP contribution in [0, 0.1) is 5.41 Å². The predicted octanol–water partition coefficient (Wildman–Crippen LogP) is -0.130. The van der Waals surface area contributed by atoms with E-state index in [4.69, 9.17) is 10.5 Å². The Morgan fingerprint density at radius 2 is 1.79 bits per heavy atom. The van der Waals surface area contributed by atoms with E-state index < -0.39 is 23.2 Å². The fourth-order valence-electron chi connectivity index (χ4n) is 1.90. The maximum Gasteiger partial charge on any atom is 0.0889 e. The Kier molecular flexibility index (Phi) is 2.94. The van der Waals surface area contributed by atoms with Crippen LogP contribution in [-0.2, 0) is 4.74 Å². The van der Waals surface area contributed by atoms with Crippen molar-refractivity contribution in [3.63, 3.8) is 0 Å². The van der Waals surface area contributed by atoms with Gasteiger partial charge >= 0.3 is 0 Å². The zero-order valence-corrected chi connectivity index (χ0v) is 9.32. The highest BCUT2D eigenvalue weighted by Crippen LogP contribution is 2.39. The smallest absolute Gasteiger partial charge is 0.0889 e. The molecule has 1 fully saturated rings. The van der Waals surface area contributed by atoms with Gasteiger partial charge in [-0.3, -0.25) is 0 Å². The van der Waals surface area contributed by atoms with Gasteiger partial charge in [0.25, 0.3) is 0 Å². The van der Waals surface area contributed by atoms with Crippen molar-refractivity contribution in [2.75, 3.05) is 6.61 Å². The summed E-state index contributed by atoms with van der Waals surface area (Å²) in [5, 5.41) is 19.2. The first-order valence-corrected chi connectivity index (χ1v) is 4.96. The molecule has 4 nitrogen and oxygen atoms in total. The zero-order valence-electron chi connectivity index (χ0n) is 9.32. The molecule has 0 aromatic carbocycles. The van der Waals surface area contributed by atoms with Crippen LogP contribution in [0.4, 0.5) is 0 Å². The minimum atomic E-state index is -0.664. The number of ether oxygens (including phenoxy) is 1. The largest absolute Gasteiger partial charge is 0.394 e. The molecule has 1 saturated heterocycles. The summed E-state index contributed by atoms with van der Waals surface area (Å²) in [6.45, 7) is 7.28. The second-order valence-corrected chi connectivity index (χ2v) is 5.18. The summed E-state index contributed by atoms with van der Waals surface area (Å²) in [6.07, 6.45) is -1.03. The third-order valence-electron chi connectivity index (χ3n) is 3.35. The monoisotopic (exact) mass is 203 g/mol. The summed E-state index contributed by atoms with van der Waals surface area (Å²) in [5.74, 6) is 0. The quantitative estimate of drug-likeness (QED) is 0.555. The van der Waals surface area contributed by atoms with E-state index in [0.29, 0.717) is 0 Å². The summed E-state index contributed by atoms with van der Waals surface area (Å²) in [6, 6.07) is -0.430. The normalized spacial score (nSPS) is 40.9. The third kappa shape index (κ3) is 1.67. The molecule has 0 amide bonds. The maximum atomic E-state index is 10.0. The van der Waals surface area contributed by atoms with Crippen molar-refractivity contribution in [1.29, 1.82) is 0 Å². The van der Waals surface area contributed by atoms with Gasteiger partial charge in [-0.15, -0.1) is 0 Å². The fraction of sp³-hybridized carbons (Fsp3) is 1.00. The second kappa shape index (κ2) is 3.45. The maximum absolute atomic E-state index is 10.0. The SMILES string of the molecule is CC1(C)OC(CO)C(C)(C)[C@H](O)C1N. The van der Waals surface area contributed by atoms with Crippen LogP contribution < -0.4 is 5.73 Å². The molecule has 1 heterocycles. The van der Waals surface area contributed by atoms with Gasteiger partial charge in [-0.1, -0.05) is 13.8 Å². The van der Waals surface area contributed by atoms with Crippen molar-refractivity contribution in [2.24, 2.45) is 11.1 Å². The van der Waals surface area contributed by atoms with E-state index in [0.717, 1.165) is 0 Å². The van der Waals surface area contributed by atoms with E-state index in [9.17, 15) is 10.2 Å². The molecular weight excluding hydrogens is 182 g/mol. The van der Waals surface area contributed by atoms with Crippen molar-refractivity contribution in [3.8, 4) is 0 Å². The van der Waals surface area contributed by atoms with Crippen molar-refractivity contribution < 1.29 is 14.9 Å². The average Bonchev–Trinajstić information content (AvgIpc) is 2.09. The molecule has 0 aromatic heterocycles. The lowest BCUT2D eigenvalue weighted by Crippen LogP contribution is -2.67. The summed E-state index contributed by atoms with van der Waals surface area (Å²) in [4.78, 5) is 0. The standard InChI is InChI=1S/C10H21NO3/c1-9(2)6(5-12)14-10(3,4)7(11)8(9)13/h6-8,12-13H,5,11H2,1-4H3/t6?,7?,8-/m1/s1. The van der Waals surface area contributed by atoms with Gasteiger partial charge in [0.05, 0.1) is 30.5 Å². The van der Waals surface area contributed by atoms with E-state index in [1.54, 1.807) is 0 Å². The Morgan fingerprint density at radius 3 is 2.21 bits per heavy atom. The van der Waals surface area contributed by atoms with E-state index in [-0.39, 0.29) is 12.7 Å². The van der Waals surface area contributed by atoms with E-state index >= 15 is 0 Å². The molecule has 0 bridgehead atoms. The Morgan fingerprint density at radius 1 is 1.29 bits per heavy atom.